The lowest BCUT2D eigenvalue weighted by molar-refractivity contribution is 0.0992. The summed E-state index contributed by atoms with van der Waals surface area (Å²) in [7, 11) is 0. The first-order valence-corrected chi connectivity index (χ1v) is 7.87. The van der Waals surface area contributed by atoms with Crippen LogP contribution in [0, 0.1) is 12.7 Å². The second kappa shape index (κ2) is 4.79. The third-order valence-electron chi connectivity index (χ3n) is 5.13. The highest BCUT2D eigenvalue weighted by atomic mass is 19.1. The number of fused-ring (bicyclic) bond motifs is 3. The molecule has 2 aromatic rings. The summed E-state index contributed by atoms with van der Waals surface area (Å²) < 4.78 is 14.2. The maximum atomic E-state index is 14.2. The molecule has 2 aliphatic rings. The Balaban J connectivity index is 2.07. The number of hydrogen-bond donors (Lipinski definition) is 0. The monoisotopic (exact) mass is 306 g/mol. The van der Waals surface area contributed by atoms with E-state index >= 15 is 0 Å². The van der Waals surface area contributed by atoms with Gasteiger partial charge in [-0.3, -0.25) is 10.5 Å². The predicted octanol–water partition coefficient (Wildman–Crippen LogP) is 4.28. The predicted molar refractivity (Wildman–Crippen MR) is 88.8 cm³/mol. The molecule has 0 atom stereocenters. The van der Waals surface area contributed by atoms with Crippen molar-refractivity contribution in [3.63, 3.8) is 0 Å². The van der Waals surface area contributed by atoms with Crippen LogP contribution in [0.4, 0.5) is 4.39 Å². The van der Waals surface area contributed by atoms with E-state index in [1.807, 2.05) is 19.1 Å². The fourth-order valence-corrected chi connectivity index (χ4v) is 3.99. The molecule has 3 heteroatoms. The minimum Gasteiger partial charge on any atom is -0.267 e. The average molecular weight is 306 g/mol. The molecule has 0 unspecified atom stereocenters. The summed E-state index contributed by atoms with van der Waals surface area (Å²) >= 11 is 0. The van der Waals surface area contributed by atoms with Crippen LogP contribution in [0.3, 0.4) is 0 Å². The van der Waals surface area contributed by atoms with Crippen LogP contribution in [0.5, 0.6) is 0 Å². The van der Waals surface area contributed by atoms with Crippen molar-refractivity contribution in [3.8, 4) is 11.1 Å². The molecule has 4 rings (SSSR count). The highest BCUT2D eigenvalue weighted by Crippen LogP contribution is 2.42. The molecule has 2 nitrogen and oxygen atoms in total. The van der Waals surface area contributed by atoms with Crippen LogP contribution in [0.15, 0.2) is 23.8 Å². The minimum atomic E-state index is -0.666. The first-order valence-electron chi connectivity index (χ1n) is 7.87. The van der Waals surface area contributed by atoms with Gasteiger partial charge in [-0.1, -0.05) is 17.7 Å². The third kappa shape index (κ3) is 1.96. The number of carbonyl (C=O) groups is 1. The van der Waals surface area contributed by atoms with Gasteiger partial charge in [0.25, 0.3) is 5.91 Å². The first kappa shape index (κ1) is 14.2. The van der Waals surface area contributed by atoms with E-state index < -0.39 is 5.91 Å². The lowest BCUT2D eigenvalue weighted by atomic mass is 9.88. The molecule has 0 aromatic heterocycles. The molecule has 1 amide bonds. The van der Waals surface area contributed by atoms with Gasteiger partial charge < -0.3 is 0 Å². The lowest BCUT2D eigenvalue weighted by Gasteiger charge is -2.16. The fraction of sp³-hybridized carbons (Fsp3) is 0.250. The zero-order valence-corrected chi connectivity index (χ0v) is 13.2. The van der Waals surface area contributed by atoms with Crippen LogP contribution in [0.25, 0.3) is 17.2 Å². The van der Waals surface area contributed by atoms with E-state index in [1.54, 1.807) is 6.07 Å². The molecule has 0 heterocycles. The van der Waals surface area contributed by atoms with Gasteiger partial charge in [-0.15, -0.1) is 0 Å². The van der Waals surface area contributed by atoms with Crippen molar-refractivity contribution in [1.82, 2.24) is 5.73 Å². The zero-order valence-electron chi connectivity index (χ0n) is 13.2. The normalized spacial score (nSPS) is 14.8. The molecule has 115 valence electrons. The standard InChI is InChI=1S/C20H17FNO/c1-10-7-15-14(5-6-18(21)16(15)8-10)19-13-4-3-12(11(13)2)9-17(19)20(22)23/h5-7,9,22H,3-4,8H2,1-2H3. The number of allylic oxidation sites excluding steroid dienone is 1. The van der Waals surface area contributed by atoms with E-state index in [2.05, 4.69) is 6.92 Å². The highest BCUT2D eigenvalue weighted by Gasteiger charge is 2.27. The largest absolute Gasteiger partial charge is 0.270 e. The SMILES string of the molecule is CC1=Cc2c(-c3c(C([NH])=O)cc4c(C)c3CC4)ccc(F)c2C1. The van der Waals surface area contributed by atoms with Crippen molar-refractivity contribution in [2.75, 3.05) is 0 Å². The number of amides is 1. The molecule has 2 aliphatic carbocycles. The maximum absolute atomic E-state index is 14.2. The molecule has 0 fully saturated rings. The Morgan fingerprint density at radius 2 is 1.96 bits per heavy atom. The van der Waals surface area contributed by atoms with Crippen molar-refractivity contribution in [2.45, 2.75) is 33.1 Å². The van der Waals surface area contributed by atoms with Crippen molar-refractivity contribution in [2.24, 2.45) is 0 Å². The van der Waals surface area contributed by atoms with E-state index in [-0.39, 0.29) is 5.82 Å². The third-order valence-corrected chi connectivity index (χ3v) is 5.13. The number of carbonyl (C=O) groups excluding carboxylic acids is 1. The zero-order chi connectivity index (χ0) is 16.3. The fourth-order valence-electron chi connectivity index (χ4n) is 3.99. The summed E-state index contributed by atoms with van der Waals surface area (Å²) in [6.07, 6.45) is 4.43. The van der Waals surface area contributed by atoms with E-state index in [4.69, 9.17) is 5.73 Å². The van der Waals surface area contributed by atoms with Gasteiger partial charge in [0.15, 0.2) is 0 Å². The number of hydrogen-bond acceptors (Lipinski definition) is 1. The summed E-state index contributed by atoms with van der Waals surface area (Å²) in [5.41, 5.74) is 16.0. The first-order chi connectivity index (χ1) is 11.0. The molecular weight excluding hydrogens is 289 g/mol. The molecule has 0 saturated heterocycles. The van der Waals surface area contributed by atoms with Crippen LogP contribution < -0.4 is 5.73 Å². The van der Waals surface area contributed by atoms with Crippen molar-refractivity contribution in [1.29, 1.82) is 0 Å². The molecule has 23 heavy (non-hydrogen) atoms. The van der Waals surface area contributed by atoms with Gasteiger partial charge >= 0.3 is 0 Å². The van der Waals surface area contributed by atoms with Crippen molar-refractivity contribution < 1.29 is 9.18 Å². The van der Waals surface area contributed by atoms with Crippen molar-refractivity contribution in [3.05, 3.63) is 63.0 Å². The van der Waals surface area contributed by atoms with Gasteiger partial charge in [0, 0.05) is 5.56 Å². The smallest absolute Gasteiger partial charge is 0.267 e. The quantitative estimate of drug-likeness (QED) is 0.816. The number of aryl methyl sites for hydroxylation is 1. The number of halogens is 1. The summed E-state index contributed by atoms with van der Waals surface area (Å²) in [5, 5.41) is 0. The number of rotatable bonds is 2. The second-order valence-electron chi connectivity index (χ2n) is 6.55. The van der Waals surface area contributed by atoms with Gasteiger partial charge in [0.2, 0.25) is 0 Å². The van der Waals surface area contributed by atoms with E-state index in [0.717, 1.165) is 46.2 Å². The minimum absolute atomic E-state index is 0.194. The van der Waals surface area contributed by atoms with Gasteiger partial charge in [0.1, 0.15) is 5.82 Å². The Bertz CT molecular complexity index is 909. The molecule has 1 radical (unpaired) electrons. The summed E-state index contributed by atoms with van der Waals surface area (Å²) in [6, 6.07) is 5.11. The van der Waals surface area contributed by atoms with E-state index in [0.29, 0.717) is 17.5 Å². The Hall–Kier alpha value is -2.42. The van der Waals surface area contributed by atoms with Gasteiger partial charge in [-0.2, -0.15) is 0 Å². The molecule has 0 saturated carbocycles. The Morgan fingerprint density at radius 1 is 1.17 bits per heavy atom. The molecule has 1 N–H and O–H groups in total. The average Bonchev–Trinajstić information content (AvgIpc) is 2.98. The number of benzene rings is 2. The Kier molecular flexibility index (Phi) is 2.95. The van der Waals surface area contributed by atoms with Crippen LogP contribution >= 0.6 is 0 Å². The van der Waals surface area contributed by atoms with Crippen LogP contribution in [0.2, 0.25) is 0 Å². The van der Waals surface area contributed by atoms with Gasteiger partial charge in [-0.05, 0) is 84.2 Å². The number of nitrogens with one attached hydrogen (secondary N) is 1. The van der Waals surface area contributed by atoms with Gasteiger partial charge in [0.05, 0.1) is 0 Å². The summed E-state index contributed by atoms with van der Waals surface area (Å²) in [6.45, 7) is 4.07. The topological polar surface area (TPSA) is 40.9 Å². The molecule has 2 bridgehead atoms. The Morgan fingerprint density at radius 3 is 2.70 bits per heavy atom. The second-order valence-corrected chi connectivity index (χ2v) is 6.55. The maximum Gasteiger partial charge on any atom is 0.270 e. The summed E-state index contributed by atoms with van der Waals surface area (Å²) in [4.78, 5) is 11.9. The Labute approximate surface area is 134 Å². The summed E-state index contributed by atoms with van der Waals surface area (Å²) in [5.74, 6) is -0.860. The molecule has 2 aromatic carbocycles. The highest BCUT2D eigenvalue weighted by molar-refractivity contribution is 6.02. The van der Waals surface area contributed by atoms with Crippen LogP contribution in [-0.2, 0) is 19.3 Å². The van der Waals surface area contributed by atoms with Crippen molar-refractivity contribution >= 4 is 12.0 Å². The van der Waals surface area contributed by atoms with Gasteiger partial charge in [-0.25, -0.2) is 4.39 Å². The van der Waals surface area contributed by atoms with E-state index in [1.165, 1.54) is 11.6 Å². The molecular formula is C20H17FNO. The van der Waals surface area contributed by atoms with E-state index in [9.17, 15) is 9.18 Å². The lowest BCUT2D eigenvalue weighted by Crippen LogP contribution is -2.06. The van der Waals surface area contributed by atoms with Crippen LogP contribution in [0.1, 0.15) is 45.1 Å². The molecule has 0 aliphatic heterocycles. The molecule has 0 spiro atoms. The van der Waals surface area contributed by atoms with Crippen LogP contribution in [-0.4, -0.2) is 5.91 Å².